The van der Waals surface area contributed by atoms with E-state index in [0.29, 0.717) is 18.7 Å². The van der Waals surface area contributed by atoms with Crippen LogP contribution in [0.15, 0.2) is 18.2 Å². The van der Waals surface area contributed by atoms with Crippen molar-refractivity contribution in [3.05, 3.63) is 35.4 Å². The van der Waals surface area contributed by atoms with Crippen molar-refractivity contribution < 1.29 is 13.6 Å². The van der Waals surface area contributed by atoms with Crippen LogP contribution in [0.25, 0.3) is 0 Å². The molecule has 5 heteroatoms. The number of halogens is 2. The van der Waals surface area contributed by atoms with Crippen molar-refractivity contribution in [2.75, 3.05) is 13.1 Å². The van der Waals surface area contributed by atoms with Gasteiger partial charge in [-0.1, -0.05) is 6.07 Å². The molecule has 0 bridgehead atoms. The molecule has 3 nitrogen and oxygen atoms in total. The van der Waals surface area contributed by atoms with E-state index in [2.05, 4.69) is 0 Å². The molecule has 1 aliphatic heterocycles. The first-order valence-corrected chi connectivity index (χ1v) is 5.98. The summed E-state index contributed by atoms with van der Waals surface area (Å²) >= 11 is 0. The summed E-state index contributed by atoms with van der Waals surface area (Å²) in [6, 6.07) is 3.58. The maximum atomic E-state index is 13.1. The van der Waals surface area contributed by atoms with E-state index in [1.165, 1.54) is 6.07 Å². The maximum Gasteiger partial charge on any atom is 0.229 e. The topological polar surface area (TPSA) is 46.3 Å². The molecule has 1 aromatic carbocycles. The molecule has 1 saturated heterocycles. The van der Waals surface area contributed by atoms with Crippen LogP contribution in [0, 0.1) is 11.6 Å². The first kappa shape index (κ1) is 13.0. The summed E-state index contributed by atoms with van der Waals surface area (Å²) in [5.41, 5.74) is 6.23. The molecule has 2 N–H and O–H groups in total. The summed E-state index contributed by atoms with van der Waals surface area (Å²) in [6.45, 7) is 2.86. The van der Waals surface area contributed by atoms with Crippen molar-refractivity contribution in [3.8, 4) is 0 Å². The van der Waals surface area contributed by atoms with Crippen molar-refractivity contribution in [1.29, 1.82) is 0 Å². The van der Waals surface area contributed by atoms with Crippen LogP contribution in [-0.2, 0) is 4.79 Å². The second-order valence-electron chi connectivity index (χ2n) is 4.73. The number of likely N-dealkylation sites (tertiary alicyclic amines) is 1. The molecule has 2 rings (SSSR count). The fraction of sp³-hybridized carbons (Fsp3) is 0.462. The van der Waals surface area contributed by atoms with Crippen molar-refractivity contribution >= 4 is 5.91 Å². The van der Waals surface area contributed by atoms with Gasteiger partial charge in [-0.25, -0.2) is 8.78 Å². The molecule has 0 saturated carbocycles. The number of nitrogens with two attached hydrogens (primary N) is 1. The van der Waals surface area contributed by atoms with E-state index < -0.39 is 17.6 Å². The number of rotatable bonds is 2. The summed E-state index contributed by atoms with van der Waals surface area (Å²) in [7, 11) is 0. The average molecular weight is 254 g/mol. The summed E-state index contributed by atoms with van der Waals surface area (Å²) in [5.74, 6) is -2.40. The SMILES string of the molecule is C[C@H](C(=O)N1CC[C@H](N)C1)c1ccc(F)c(F)c1. The second-order valence-corrected chi connectivity index (χ2v) is 4.73. The fourth-order valence-electron chi connectivity index (χ4n) is 2.19. The van der Waals surface area contributed by atoms with Gasteiger partial charge in [0.1, 0.15) is 0 Å². The summed E-state index contributed by atoms with van der Waals surface area (Å²) in [4.78, 5) is 13.8. The zero-order valence-corrected chi connectivity index (χ0v) is 10.2. The Labute approximate surface area is 105 Å². The van der Waals surface area contributed by atoms with Crippen molar-refractivity contribution in [1.82, 2.24) is 4.90 Å². The number of amides is 1. The Morgan fingerprint density at radius 3 is 2.72 bits per heavy atom. The Bertz CT molecular complexity index is 464. The number of nitrogens with zero attached hydrogens (tertiary/aromatic N) is 1. The molecule has 1 fully saturated rings. The maximum absolute atomic E-state index is 13.1. The number of hydrogen-bond donors (Lipinski definition) is 1. The standard InChI is InChI=1S/C13H16F2N2O/c1-8(9-2-3-11(14)12(15)6-9)13(18)17-5-4-10(16)7-17/h2-3,6,8,10H,4-5,7,16H2,1H3/t8-,10-/m0/s1. The Kier molecular flexibility index (Phi) is 3.61. The van der Waals surface area contributed by atoms with E-state index in [1.807, 2.05) is 0 Å². The van der Waals surface area contributed by atoms with Crippen LogP contribution in [0.5, 0.6) is 0 Å². The molecule has 1 heterocycles. The van der Waals surface area contributed by atoms with Crippen molar-refractivity contribution in [2.45, 2.75) is 25.3 Å². The number of carbonyl (C=O) groups excluding carboxylic acids is 1. The lowest BCUT2D eigenvalue weighted by Crippen LogP contribution is -2.34. The third kappa shape index (κ3) is 2.51. The number of hydrogen-bond acceptors (Lipinski definition) is 2. The molecule has 98 valence electrons. The first-order valence-electron chi connectivity index (χ1n) is 5.98. The minimum Gasteiger partial charge on any atom is -0.341 e. The summed E-state index contributed by atoms with van der Waals surface area (Å²) < 4.78 is 26.0. The lowest BCUT2D eigenvalue weighted by atomic mass is 9.99. The van der Waals surface area contributed by atoms with Gasteiger partial charge in [0.15, 0.2) is 11.6 Å². The van der Waals surface area contributed by atoms with Crippen LogP contribution in [0.2, 0.25) is 0 Å². The minimum absolute atomic E-state index is 0.0195. The van der Waals surface area contributed by atoms with E-state index in [4.69, 9.17) is 5.73 Å². The molecule has 0 radical (unpaired) electrons. The zero-order chi connectivity index (χ0) is 13.3. The molecular weight excluding hydrogens is 238 g/mol. The van der Waals surface area contributed by atoms with Crippen molar-refractivity contribution in [3.63, 3.8) is 0 Å². The van der Waals surface area contributed by atoms with Crippen LogP contribution in [-0.4, -0.2) is 29.9 Å². The Morgan fingerprint density at radius 2 is 2.17 bits per heavy atom. The third-order valence-corrected chi connectivity index (χ3v) is 3.35. The average Bonchev–Trinajstić information content (AvgIpc) is 2.77. The lowest BCUT2D eigenvalue weighted by Gasteiger charge is -2.21. The van der Waals surface area contributed by atoms with E-state index in [9.17, 15) is 13.6 Å². The number of carbonyl (C=O) groups is 1. The molecule has 0 unspecified atom stereocenters. The van der Waals surface area contributed by atoms with Gasteiger partial charge in [0.25, 0.3) is 0 Å². The molecular formula is C13H16F2N2O. The monoisotopic (exact) mass is 254 g/mol. The Balaban J connectivity index is 2.12. The molecule has 2 atom stereocenters. The van der Waals surface area contributed by atoms with E-state index >= 15 is 0 Å². The fourth-order valence-corrected chi connectivity index (χ4v) is 2.19. The van der Waals surface area contributed by atoms with Crippen LogP contribution in [0.1, 0.15) is 24.8 Å². The van der Waals surface area contributed by atoms with Crippen molar-refractivity contribution in [2.24, 2.45) is 5.73 Å². The summed E-state index contributed by atoms with van der Waals surface area (Å²) in [5, 5.41) is 0. The van der Waals surface area contributed by atoms with Crippen LogP contribution < -0.4 is 5.73 Å². The van der Waals surface area contributed by atoms with Gasteiger partial charge in [0, 0.05) is 19.1 Å². The van der Waals surface area contributed by atoms with Gasteiger partial charge >= 0.3 is 0 Å². The third-order valence-electron chi connectivity index (χ3n) is 3.35. The van der Waals surface area contributed by atoms with E-state index in [0.717, 1.165) is 18.6 Å². The largest absolute Gasteiger partial charge is 0.341 e. The lowest BCUT2D eigenvalue weighted by molar-refractivity contribution is -0.131. The van der Waals surface area contributed by atoms with Gasteiger partial charge in [0.2, 0.25) is 5.91 Å². The van der Waals surface area contributed by atoms with E-state index in [1.54, 1.807) is 11.8 Å². The van der Waals surface area contributed by atoms with Gasteiger partial charge in [-0.3, -0.25) is 4.79 Å². The highest BCUT2D eigenvalue weighted by molar-refractivity contribution is 5.83. The second kappa shape index (κ2) is 5.02. The van der Waals surface area contributed by atoms with Gasteiger partial charge in [-0.2, -0.15) is 0 Å². The predicted octanol–water partition coefficient (Wildman–Crippen LogP) is 1.63. The molecule has 1 aliphatic rings. The summed E-state index contributed by atoms with van der Waals surface area (Å²) in [6.07, 6.45) is 0.788. The molecule has 1 aromatic rings. The molecule has 1 amide bonds. The Morgan fingerprint density at radius 1 is 1.44 bits per heavy atom. The minimum atomic E-state index is -0.926. The molecule has 0 aromatic heterocycles. The van der Waals surface area contributed by atoms with Crippen LogP contribution in [0.3, 0.4) is 0 Å². The van der Waals surface area contributed by atoms with Gasteiger partial charge in [-0.05, 0) is 31.0 Å². The predicted molar refractivity (Wildman–Crippen MR) is 63.9 cm³/mol. The molecule has 0 spiro atoms. The highest BCUT2D eigenvalue weighted by Crippen LogP contribution is 2.22. The molecule has 0 aliphatic carbocycles. The quantitative estimate of drug-likeness (QED) is 0.872. The highest BCUT2D eigenvalue weighted by atomic mass is 19.2. The van der Waals surface area contributed by atoms with Crippen LogP contribution >= 0.6 is 0 Å². The van der Waals surface area contributed by atoms with E-state index in [-0.39, 0.29) is 11.9 Å². The Hall–Kier alpha value is -1.49. The van der Waals surface area contributed by atoms with Gasteiger partial charge in [0.05, 0.1) is 5.92 Å². The highest BCUT2D eigenvalue weighted by Gasteiger charge is 2.28. The zero-order valence-electron chi connectivity index (χ0n) is 10.2. The normalized spacial score (nSPS) is 21.1. The molecule has 18 heavy (non-hydrogen) atoms. The van der Waals surface area contributed by atoms with Crippen LogP contribution in [0.4, 0.5) is 8.78 Å². The van der Waals surface area contributed by atoms with Gasteiger partial charge in [-0.15, -0.1) is 0 Å². The van der Waals surface area contributed by atoms with Gasteiger partial charge < -0.3 is 10.6 Å². The first-order chi connectivity index (χ1) is 8.49. The smallest absolute Gasteiger partial charge is 0.229 e. The number of benzene rings is 1.